The Bertz CT molecular complexity index is 632. The van der Waals surface area contributed by atoms with Crippen molar-refractivity contribution >= 4 is 21.8 Å². The molecule has 6 heteroatoms. The number of halogens is 1. The Hall–Kier alpha value is -1.82. The number of amides is 1. The van der Waals surface area contributed by atoms with Crippen molar-refractivity contribution in [1.82, 2.24) is 10.5 Å². The fourth-order valence-corrected chi connectivity index (χ4v) is 2.36. The molecule has 106 valence electrons. The van der Waals surface area contributed by atoms with Gasteiger partial charge in [-0.1, -0.05) is 5.16 Å². The number of aromatic nitrogens is 1. The van der Waals surface area contributed by atoms with Crippen LogP contribution in [0.3, 0.4) is 0 Å². The zero-order valence-electron chi connectivity index (χ0n) is 11.4. The number of carbonyl (C=O) groups excluding carboxylic acids is 1. The van der Waals surface area contributed by atoms with Gasteiger partial charge < -0.3 is 14.9 Å². The highest BCUT2D eigenvalue weighted by Crippen LogP contribution is 2.25. The van der Waals surface area contributed by atoms with Crippen molar-refractivity contribution in [2.75, 3.05) is 0 Å². The number of benzene rings is 1. The summed E-state index contributed by atoms with van der Waals surface area (Å²) in [6, 6.07) is 4.46. The third kappa shape index (κ3) is 2.85. The maximum Gasteiger partial charge on any atom is 0.251 e. The van der Waals surface area contributed by atoms with Crippen LogP contribution in [0.25, 0.3) is 0 Å². The maximum atomic E-state index is 12.1. The van der Waals surface area contributed by atoms with E-state index in [1.807, 2.05) is 20.8 Å². The van der Waals surface area contributed by atoms with Gasteiger partial charge >= 0.3 is 0 Å². The molecule has 2 aromatic rings. The first-order chi connectivity index (χ1) is 9.40. The van der Waals surface area contributed by atoms with Gasteiger partial charge in [0, 0.05) is 11.1 Å². The zero-order valence-corrected chi connectivity index (χ0v) is 13.0. The number of carbonyl (C=O) groups is 1. The lowest BCUT2D eigenvalue weighted by Gasteiger charge is -2.14. The molecule has 0 radical (unpaired) electrons. The molecule has 0 unspecified atom stereocenters. The minimum Gasteiger partial charge on any atom is -0.507 e. The molecule has 5 nitrogen and oxygen atoms in total. The highest BCUT2D eigenvalue weighted by molar-refractivity contribution is 9.10. The number of aromatic hydroxyl groups is 1. The second kappa shape index (κ2) is 5.66. The average Bonchev–Trinajstić information content (AvgIpc) is 2.72. The van der Waals surface area contributed by atoms with E-state index in [0.717, 1.165) is 11.3 Å². The number of rotatable bonds is 3. The Morgan fingerprint density at radius 1 is 1.45 bits per heavy atom. The number of hydrogen-bond donors (Lipinski definition) is 2. The molecule has 0 aliphatic rings. The van der Waals surface area contributed by atoms with Gasteiger partial charge in [0.2, 0.25) is 0 Å². The fourth-order valence-electron chi connectivity index (χ4n) is 2.11. The average molecular weight is 339 g/mol. The van der Waals surface area contributed by atoms with Crippen LogP contribution in [0.1, 0.15) is 40.3 Å². The van der Waals surface area contributed by atoms with Crippen LogP contribution in [0.15, 0.2) is 27.2 Å². The molecular weight excluding hydrogens is 324 g/mol. The monoisotopic (exact) mass is 338 g/mol. The van der Waals surface area contributed by atoms with Crippen molar-refractivity contribution in [2.24, 2.45) is 0 Å². The van der Waals surface area contributed by atoms with Crippen molar-refractivity contribution < 1.29 is 14.4 Å². The topological polar surface area (TPSA) is 75.4 Å². The quantitative estimate of drug-likeness (QED) is 0.900. The summed E-state index contributed by atoms with van der Waals surface area (Å²) in [6.07, 6.45) is 0. The summed E-state index contributed by atoms with van der Waals surface area (Å²) in [5.74, 6) is 0.455. The molecule has 2 rings (SSSR count). The van der Waals surface area contributed by atoms with Crippen molar-refractivity contribution in [3.63, 3.8) is 0 Å². The summed E-state index contributed by atoms with van der Waals surface area (Å²) >= 11 is 3.18. The van der Waals surface area contributed by atoms with Gasteiger partial charge in [-0.3, -0.25) is 4.79 Å². The second-order valence-electron chi connectivity index (χ2n) is 4.60. The van der Waals surface area contributed by atoms with E-state index in [-0.39, 0.29) is 17.7 Å². The van der Waals surface area contributed by atoms with E-state index in [4.69, 9.17) is 4.52 Å². The lowest BCUT2D eigenvalue weighted by atomic mass is 10.1. The predicted octanol–water partition coefficient (Wildman–Crippen LogP) is 3.25. The van der Waals surface area contributed by atoms with Crippen molar-refractivity contribution in [2.45, 2.75) is 26.8 Å². The third-order valence-corrected chi connectivity index (χ3v) is 3.75. The Labute approximate surface area is 125 Å². The molecule has 1 aromatic heterocycles. The molecule has 0 saturated heterocycles. The summed E-state index contributed by atoms with van der Waals surface area (Å²) in [5, 5.41) is 16.3. The molecular formula is C14H15BrN2O3. The normalized spacial score (nSPS) is 12.2. The summed E-state index contributed by atoms with van der Waals surface area (Å²) in [6.45, 7) is 5.51. The van der Waals surface area contributed by atoms with Gasteiger partial charge in [0.15, 0.2) is 0 Å². The SMILES string of the molecule is Cc1noc(C)c1[C@@H](C)NC(=O)c1ccc(Br)c(O)c1. The minimum atomic E-state index is -0.264. The van der Waals surface area contributed by atoms with Crippen molar-refractivity contribution in [3.8, 4) is 5.75 Å². The van der Waals surface area contributed by atoms with Crippen LogP contribution in [0.5, 0.6) is 5.75 Å². The van der Waals surface area contributed by atoms with E-state index < -0.39 is 0 Å². The van der Waals surface area contributed by atoms with Gasteiger partial charge in [0.05, 0.1) is 16.2 Å². The van der Waals surface area contributed by atoms with Gasteiger partial charge in [-0.25, -0.2) is 0 Å². The molecule has 2 N–H and O–H groups in total. The van der Waals surface area contributed by atoms with Gasteiger partial charge in [-0.2, -0.15) is 0 Å². The Morgan fingerprint density at radius 2 is 2.15 bits per heavy atom. The molecule has 1 amide bonds. The fraction of sp³-hybridized carbons (Fsp3) is 0.286. The summed E-state index contributed by atoms with van der Waals surface area (Å²) < 4.78 is 5.64. The van der Waals surface area contributed by atoms with E-state index in [2.05, 4.69) is 26.4 Å². The molecule has 0 aliphatic carbocycles. The number of phenolic OH excluding ortho intramolecular Hbond substituents is 1. The van der Waals surface area contributed by atoms with Crippen LogP contribution < -0.4 is 5.32 Å². The predicted molar refractivity (Wildman–Crippen MR) is 77.7 cm³/mol. The first-order valence-electron chi connectivity index (χ1n) is 6.12. The molecule has 1 heterocycles. The van der Waals surface area contributed by atoms with Gasteiger partial charge in [0.1, 0.15) is 11.5 Å². The van der Waals surface area contributed by atoms with Crippen LogP contribution >= 0.6 is 15.9 Å². The van der Waals surface area contributed by atoms with Crippen molar-refractivity contribution in [1.29, 1.82) is 0 Å². The number of phenols is 1. The molecule has 1 aromatic carbocycles. The van der Waals surface area contributed by atoms with Crippen LogP contribution in [0, 0.1) is 13.8 Å². The molecule has 0 spiro atoms. The lowest BCUT2D eigenvalue weighted by molar-refractivity contribution is 0.0939. The number of hydrogen-bond acceptors (Lipinski definition) is 4. The van der Waals surface area contributed by atoms with E-state index in [1.165, 1.54) is 6.07 Å². The maximum absolute atomic E-state index is 12.1. The van der Waals surface area contributed by atoms with Gasteiger partial charge in [0.25, 0.3) is 5.91 Å². The molecule has 0 saturated carbocycles. The first kappa shape index (κ1) is 14.6. The van der Waals surface area contributed by atoms with E-state index in [0.29, 0.717) is 15.8 Å². The Morgan fingerprint density at radius 3 is 2.70 bits per heavy atom. The summed E-state index contributed by atoms with van der Waals surface area (Å²) in [5.41, 5.74) is 2.03. The molecule has 0 fully saturated rings. The van der Waals surface area contributed by atoms with Crippen molar-refractivity contribution in [3.05, 3.63) is 45.3 Å². The Kier molecular flexibility index (Phi) is 4.13. The molecule has 20 heavy (non-hydrogen) atoms. The highest BCUT2D eigenvalue weighted by atomic mass is 79.9. The number of aryl methyl sites for hydroxylation is 2. The first-order valence-corrected chi connectivity index (χ1v) is 6.91. The minimum absolute atomic E-state index is 0.0302. The third-order valence-electron chi connectivity index (χ3n) is 3.08. The number of nitrogens with zero attached hydrogens (tertiary/aromatic N) is 1. The molecule has 0 bridgehead atoms. The highest BCUT2D eigenvalue weighted by Gasteiger charge is 2.19. The lowest BCUT2D eigenvalue weighted by Crippen LogP contribution is -2.27. The zero-order chi connectivity index (χ0) is 14.9. The van der Waals surface area contributed by atoms with Gasteiger partial charge in [-0.05, 0) is 54.9 Å². The largest absolute Gasteiger partial charge is 0.507 e. The standard InChI is InChI=1S/C14H15BrN2O3/c1-7(13-8(2)17-20-9(13)3)16-14(19)10-4-5-11(15)12(18)6-10/h4-7,18H,1-3H3,(H,16,19)/t7-/m1/s1. The van der Waals surface area contributed by atoms with Crippen LogP contribution in [-0.2, 0) is 0 Å². The second-order valence-corrected chi connectivity index (χ2v) is 5.45. The van der Waals surface area contributed by atoms with Crippen LogP contribution in [0.2, 0.25) is 0 Å². The molecule has 1 atom stereocenters. The Balaban J connectivity index is 2.17. The van der Waals surface area contributed by atoms with E-state index >= 15 is 0 Å². The summed E-state index contributed by atoms with van der Waals surface area (Å²) in [4.78, 5) is 12.1. The number of nitrogens with one attached hydrogen (secondary N) is 1. The van der Waals surface area contributed by atoms with Gasteiger partial charge in [-0.15, -0.1) is 0 Å². The summed E-state index contributed by atoms with van der Waals surface area (Å²) in [7, 11) is 0. The van der Waals surface area contributed by atoms with Crippen LogP contribution in [0.4, 0.5) is 0 Å². The van der Waals surface area contributed by atoms with E-state index in [9.17, 15) is 9.90 Å². The van der Waals surface area contributed by atoms with Crippen LogP contribution in [-0.4, -0.2) is 16.2 Å². The van der Waals surface area contributed by atoms with E-state index in [1.54, 1.807) is 12.1 Å². The molecule has 0 aliphatic heterocycles. The smallest absolute Gasteiger partial charge is 0.251 e.